The molecule has 0 saturated carbocycles. The fourth-order valence-corrected chi connectivity index (χ4v) is 3.70. The minimum Gasteiger partial charge on any atom is -0.350 e. The van der Waals surface area contributed by atoms with Gasteiger partial charge in [0.25, 0.3) is 0 Å². The SMILES string of the molecule is CN=C(NCc1nccs1)N1CCN(C(=O)Cc2cccc(Cl)c2)CC1.I. The lowest BCUT2D eigenvalue weighted by molar-refractivity contribution is -0.131. The fraction of sp³-hybridized carbons (Fsp3) is 0.389. The molecule has 1 aliphatic rings. The lowest BCUT2D eigenvalue weighted by atomic mass is 10.1. The van der Waals surface area contributed by atoms with Gasteiger partial charge in [0, 0.05) is 49.8 Å². The number of nitrogens with one attached hydrogen (secondary N) is 1. The Morgan fingerprint density at radius 1 is 1.30 bits per heavy atom. The van der Waals surface area contributed by atoms with E-state index in [1.165, 1.54) is 0 Å². The second-order valence-corrected chi connectivity index (χ2v) is 7.42. The summed E-state index contributed by atoms with van der Waals surface area (Å²) in [7, 11) is 1.78. The van der Waals surface area contributed by atoms with E-state index in [0.717, 1.165) is 29.6 Å². The molecule has 9 heteroatoms. The molecular weight excluding hydrogens is 497 g/mol. The van der Waals surface area contributed by atoms with Crippen LogP contribution in [-0.4, -0.2) is 59.9 Å². The molecule has 0 unspecified atom stereocenters. The van der Waals surface area contributed by atoms with Crippen molar-refractivity contribution in [2.45, 2.75) is 13.0 Å². The van der Waals surface area contributed by atoms with Crippen molar-refractivity contribution in [1.82, 2.24) is 20.1 Å². The average molecular weight is 520 g/mol. The standard InChI is InChI=1S/C18H22ClN5OS.HI/c1-20-18(22-13-16-21-5-10-26-16)24-8-6-23(7-9-24)17(25)12-14-3-2-4-15(19)11-14;/h2-5,10-11H,6-9,12-13H2,1H3,(H,20,22);1H. The quantitative estimate of drug-likeness (QED) is 0.383. The van der Waals surface area contributed by atoms with Gasteiger partial charge in [0.15, 0.2) is 5.96 Å². The van der Waals surface area contributed by atoms with Crippen molar-refractivity contribution in [2.24, 2.45) is 4.99 Å². The van der Waals surface area contributed by atoms with Crippen LogP contribution >= 0.6 is 46.9 Å². The van der Waals surface area contributed by atoms with Crippen LogP contribution in [0.2, 0.25) is 5.02 Å². The summed E-state index contributed by atoms with van der Waals surface area (Å²) in [6.45, 7) is 3.57. The number of hydrogen-bond acceptors (Lipinski definition) is 4. The van der Waals surface area contributed by atoms with Gasteiger partial charge in [-0.3, -0.25) is 9.79 Å². The van der Waals surface area contributed by atoms with Crippen LogP contribution in [0.5, 0.6) is 0 Å². The predicted octanol–water partition coefficient (Wildman–Crippen LogP) is 2.88. The minimum absolute atomic E-state index is 0. The van der Waals surface area contributed by atoms with Gasteiger partial charge in [-0.25, -0.2) is 4.98 Å². The average Bonchev–Trinajstić information content (AvgIpc) is 3.16. The molecule has 146 valence electrons. The van der Waals surface area contributed by atoms with Crippen LogP contribution in [-0.2, 0) is 17.8 Å². The van der Waals surface area contributed by atoms with E-state index in [9.17, 15) is 4.79 Å². The lowest BCUT2D eigenvalue weighted by Gasteiger charge is -2.36. The van der Waals surface area contributed by atoms with Gasteiger partial charge in [0.05, 0.1) is 13.0 Å². The molecule has 2 aromatic rings. The van der Waals surface area contributed by atoms with Crippen molar-refractivity contribution >= 4 is 58.8 Å². The van der Waals surface area contributed by atoms with E-state index in [1.807, 2.05) is 34.5 Å². The highest BCUT2D eigenvalue weighted by Gasteiger charge is 2.23. The number of carbonyl (C=O) groups is 1. The zero-order valence-corrected chi connectivity index (χ0v) is 19.0. The number of carbonyl (C=O) groups excluding carboxylic acids is 1. The highest BCUT2D eigenvalue weighted by molar-refractivity contribution is 14.0. The Labute approximate surface area is 185 Å². The molecule has 0 aliphatic carbocycles. The summed E-state index contributed by atoms with van der Waals surface area (Å²) in [6.07, 6.45) is 2.19. The van der Waals surface area contributed by atoms with Crippen LogP contribution in [0, 0.1) is 0 Å². The Morgan fingerprint density at radius 2 is 2.04 bits per heavy atom. The Bertz CT molecular complexity index is 763. The number of guanidine groups is 1. The lowest BCUT2D eigenvalue weighted by Crippen LogP contribution is -2.53. The molecule has 27 heavy (non-hydrogen) atoms. The number of rotatable bonds is 4. The Morgan fingerprint density at radius 3 is 2.67 bits per heavy atom. The van der Waals surface area contributed by atoms with Crippen molar-refractivity contribution < 1.29 is 4.79 Å². The molecule has 6 nitrogen and oxygen atoms in total. The zero-order chi connectivity index (χ0) is 18.4. The van der Waals surface area contributed by atoms with Crippen molar-refractivity contribution in [2.75, 3.05) is 33.2 Å². The summed E-state index contributed by atoms with van der Waals surface area (Å²) >= 11 is 7.61. The van der Waals surface area contributed by atoms with E-state index >= 15 is 0 Å². The fourth-order valence-electron chi connectivity index (χ4n) is 2.93. The van der Waals surface area contributed by atoms with Gasteiger partial charge in [-0.2, -0.15) is 0 Å². The molecule has 1 N–H and O–H groups in total. The number of aromatic nitrogens is 1. The summed E-state index contributed by atoms with van der Waals surface area (Å²) in [6, 6.07) is 7.48. The first-order valence-electron chi connectivity index (χ1n) is 8.52. The summed E-state index contributed by atoms with van der Waals surface area (Å²) in [5, 5.41) is 6.99. The maximum absolute atomic E-state index is 12.5. The van der Waals surface area contributed by atoms with Crippen molar-refractivity contribution in [1.29, 1.82) is 0 Å². The van der Waals surface area contributed by atoms with Gasteiger partial charge in [-0.1, -0.05) is 23.7 Å². The molecule has 1 fully saturated rings. The van der Waals surface area contributed by atoms with E-state index in [-0.39, 0.29) is 29.9 Å². The Balaban J connectivity index is 0.00000261. The summed E-state index contributed by atoms with van der Waals surface area (Å²) in [5.41, 5.74) is 0.950. The molecular formula is C18H23ClIN5OS. The van der Waals surface area contributed by atoms with Crippen molar-refractivity contribution in [3.8, 4) is 0 Å². The zero-order valence-electron chi connectivity index (χ0n) is 15.1. The Kier molecular flexibility index (Phi) is 8.78. The number of thiazole rings is 1. The van der Waals surface area contributed by atoms with Crippen molar-refractivity contribution in [3.05, 3.63) is 51.4 Å². The van der Waals surface area contributed by atoms with Crippen LogP contribution in [0.25, 0.3) is 0 Å². The maximum atomic E-state index is 12.5. The number of piperazine rings is 1. The predicted molar refractivity (Wildman–Crippen MR) is 121 cm³/mol. The summed E-state index contributed by atoms with van der Waals surface area (Å²) in [4.78, 5) is 25.2. The van der Waals surface area contributed by atoms with Crippen LogP contribution in [0.3, 0.4) is 0 Å². The first-order chi connectivity index (χ1) is 12.7. The molecule has 2 heterocycles. The summed E-state index contributed by atoms with van der Waals surface area (Å²) in [5.74, 6) is 0.986. The molecule has 3 rings (SSSR count). The number of nitrogens with zero attached hydrogens (tertiary/aromatic N) is 4. The monoisotopic (exact) mass is 519 g/mol. The molecule has 1 saturated heterocycles. The van der Waals surface area contributed by atoms with Gasteiger partial charge < -0.3 is 15.1 Å². The topological polar surface area (TPSA) is 60.8 Å². The first-order valence-corrected chi connectivity index (χ1v) is 9.77. The normalized spacial score (nSPS) is 14.7. The number of hydrogen-bond donors (Lipinski definition) is 1. The van der Waals surface area contributed by atoms with E-state index in [4.69, 9.17) is 11.6 Å². The molecule has 1 aromatic carbocycles. The van der Waals surface area contributed by atoms with E-state index < -0.39 is 0 Å². The van der Waals surface area contributed by atoms with Gasteiger partial charge in [-0.05, 0) is 17.7 Å². The number of benzene rings is 1. The van der Waals surface area contributed by atoms with E-state index in [2.05, 4.69) is 20.2 Å². The molecule has 1 aromatic heterocycles. The number of amides is 1. The highest BCUT2D eigenvalue weighted by atomic mass is 127. The smallest absolute Gasteiger partial charge is 0.227 e. The van der Waals surface area contributed by atoms with Crippen LogP contribution in [0.4, 0.5) is 0 Å². The van der Waals surface area contributed by atoms with Crippen molar-refractivity contribution in [3.63, 3.8) is 0 Å². The molecule has 0 spiro atoms. The van der Waals surface area contributed by atoms with Gasteiger partial charge in [0.2, 0.25) is 5.91 Å². The second-order valence-electron chi connectivity index (χ2n) is 6.00. The largest absolute Gasteiger partial charge is 0.350 e. The molecule has 1 amide bonds. The summed E-state index contributed by atoms with van der Waals surface area (Å²) < 4.78 is 0. The second kappa shape index (κ2) is 10.8. The van der Waals surface area contributed by atoms with E-state index in [1.54, 1.807) is 24.6 Å². The van der Waals surface area contributed by atoms with Gasteiger partial charge in [0.1, 0.15) is 5.01 Å². The third-order valence-electron chi connectivity index (χ3n) is 4.27. The third-order valence-corrected chi connectivity index (χ3v) is 5.28. The molecule has 0 radical (unpaired) electrons. The van der Waals surface area contributed by atoms with Gasteiger partial charge in [-0.15, -0.1) is 35.3 Å². The minimum atomic E-state index is 0. The molecule has 0 atom stereocenters. The number of halogens is 2. The highest BCUT2D eigenvalue weighted by Crippen LogP contribution is 2.13. The van der Waals surface area contributed by atoms with Gasteiger partial charge >= 0.3 is 0 Å². The van der Waals surface area contributed by atoms with E-state index in [0.29, 0.717) is 31.1 Å². The molecule has 1 aliphatic heterocycles. The first kappa shape index (κ1) is 21.9. The number of aliphatic imine (C=N–C) groups is 1. The molecule has 0 bridgehead atoms. The third kappa shape index (κ3) is 6.32. The maximum Gasteiger partial charge on any atom is 0.227 e. The Hall–Kier alpha value is -1.39. The van der Waals surface area contributed by atoms with Crippen LogP contribution in [0.1, 0.15) is 10.6 Å². The van der Waals surface area contributed by atoms with Crippen LogP contribution in [0.15, 0.2) is 40.8 Å². The van der Waals surface area contributed by atoms with Crippen LogP contribution < -0.4 is 5.32 Å².